The highest BCUT2D eigenvalue weighted by molar-refractivity contribution is 9.10. The van der Waals surface area contributed by atoms with Gasteiger partial charge in [0, 0.05) is 15.2 Å². The van der Waals surface area contributed by atoms with Gasteiger partial charge in [0.25, 0.3) is 0 Å². The zero-order chi connectivity index (χ0) is 22.5. The number of fused-ring (bicyclic) bond motifs is 1. The summed E-state index contributed by atoms with van der Waals surface area (Å²) in [6, 6.07) is 12.6. The number of benzene rings is 2. The van der Waals surface area contributed by atoms with Crippen molar-refractivity contribution in [1.82, 2.24) is 4.98 Å². The molecule has 2 heterocycles. The van der Waals surface area contributed by atoms with Gasteiger partial charge >= 0.3 is 5.63 Å². The maximum atomic E-state index is 12.4. The number of hydrogen-bond acceptors (Lipinski definition) is 8. The lowest BCUT2D eigenvalue weighted by atomic mass is 10.1. The second-order valence-electron chi connectivity index (χ2n) is 6.44. The predicted molar refractivity (Wildman–Crippen MR) is 130 cm³/mol. The Morgan fingerprint density at radius 2 is 2.16 bits per heavy atom. The summed E-state index contributed by atoms with van der Waals surface area (Å²) >= 11 is 4.75. The van der Waals surface area contributed by atoms with E-state index in [1.165, 1.54) is 11.3 Å². The van der Waals surface area contributed by atoms with Gasteiger partial charge in [-0.15, -0.1) is 17.8 Å². The van der Waals surface area contributed by atoms with Crippen molar-refractivity contribution < 1.29 is 13.9 Å². The van der Waals surface area contributed by atoms with Crippen LogP contribution in [0.25, 0.3) is 22.2 Å². The van der Waals surface area contributed by atoms with E-state index in [1.807, 2.05) is 18.2 Å². The van der Waals surface area contributed by atoms with Crippen LogP contribution in [-0.4, -0.2) is 24.9 Å². The van der Waals surface area contributed by atoms with Crippen LogP contribution < -0.4 is 20.5 Å². The highest BCUT2D eigenvalue weighted by Crippen LogP contribution is 2.28. The van der Waals surface area contributed by atoms with Crippen molar-refractivity contribution in [1.29, 1.82) is 0 Å². The standard InChI is InChI=1S/C23H16BrN3O4S/c1-3-8-30-20-6-4-14(9-21(20)29-2)12-25-27-23-26-18(13-32-23)17-11-15-10-16(24)5-7-19(15)31-22(17)28/h1,4-7,9-13H,8H2,2H3,(H,26,27)/b25-12+. The van der Waals surface area contributed by atoms with Crippen LogP contribution in [0.3, 0.4) is 0 Å². The topological polar surface area (TPSA) is 86.0 Å². The van der Waals surface area contributed by atoms with E-state index in [1.54, 1.807) is 43.0 Å². The van der Waals surface area contributed by atoms with Crippen LogP contribution in [-0.2, 0) is 0 Å². The van der Waals surface area contributed by atoms with Crippen molar-refractivity contribution in [2.24, 2.45) is 5.10 Å². The van der Waals surface area contributed by atoms with Crippen LogP contribution in [0.2, 0.25) is 0 Å². The Balaban J connectivity index is 1.50. The number of methoxy groups -OCH3 is 1. The van der Waals surface area contributed by atoms with Crippen molar-refractivity contribution in [2.75, 3.05) is 19.1 Å². The summed E-state index contributed by atoms with van der Waals surface area (Å²) in [6.07, 6.45) is 6.84. The third-order valence-corrected chi connectivity index (χ3v) is 5.59. The summed E-state index contributed by atoms with van der Waals surface area (Å²) in [7, 11) is 1.55. The third kappa shape index (κ3) is 4.82. The number of rotatable bonds is 7. The zero-order valence-electron chi connectivity index (χ0n) is 16.8. The molecule has 32 heavy (non-hydrogen) atoms. The minimum atomic E-state index is -0.445. The highest BCUT2D eigenvalue weighted by Gasteiger charge is 2.12. The Labute approximate surface area is 195 Å². The van der Waals surface area contributed by atoms with Crippen molar-refractivity contribution >= 4 is 49.6 Å². The number of halogens is 1. The first-order valence-electron chi connectivity index (χ1n) is 9.30. The van der Waals surface area contributed by atoms with Crippen LogP contribution >= 0.6 is 27.3 Å². The maximum absolute atomic E-state index is 12.4. The fraction of sp³-hybridized carbons (Fsp3) is 0.0870. The summed E-state index contributed by atoms with van der Waals surface area (Å²) in [4.78, 5) is 16.8. The van der Waals surface area contributed by atoms with Crippen molar-refractivity contribution in [3.63, 3.8) is 0 Å². The highest BCUT2D eigenvalue weighted by atomic mass is 79.9. The summed E-state index contributed by atoms with van der Waals surface area (Å²) in [6.45, 7) is 0.157. The predicted octanol–water partition coefficient (Wildman–Crippen LogP) is 5.15. The molecular weight excluding hydrogens is 494 g/mol. The molecule has 0 saturated heterocycles. The summed E-state index contributed by atoms with van der Waals surface area (Å²) < 4.78 is 17.1. The van der Waals surface area contributed by atoms with E-state index in [0.29, 0.717) is 33.5 Å². The van der Waals surface area contributed by atoms with Crippen LogP contribution in [0.5, 0.6) is 11.5 Å². The molecule has 160 valence electrons. The maximum Gasteiger partial charge on any atom is 0.345 e. The van der Waals surface area contributed by atoms with E-state index in [2.05, 4.69) is 37.4 Å². The molecule has 0 saturated carbocycles. The van der Waals surface area contributed by atoms with Crippen LogP contribution in [0.4, 0.5) is 5.13 Å². The minimum absolute atomic E-state index is 0.157. The number of aromatic nitrogens is 1. The zero-order valence-corrected chi connectivity index (χ0v) is 19.2. The molecule has 4 rings (SSSR count). The molecule has 9 heteroatoms. The molecule has 0 fully saturated rings. The largest absolute Gasteiger partial charge is 0.493 e. The Morgan fingerprint density at radius 3 is 2.97 bits per heavy atom. The van der Waals surface area contributed by atoms with Crippen LogP contribution in [0.15, 0.2) is 66.6 Å². The van der Waals surface area contributed by atoms with Crippen molar-refractivity contribution in [3.05, 3.63) is 68.3 Å². The molecule has 0 amide bonds. The molecule has 2 aromatic heterocycles. The normalized spacial score (nSPS) is 10.9. The van der Waals surface area contributed by atoms with Crippen molar-refractivity contribution in [2.45, 2.75) is 0 Å². The molecule has 0 aliphatic rings. The molecule has 2 aromatic carbocycles. The average Bonchev–Trinajstić information content (AvgIpc) is 3.26. The molecule has 0 aliphatic carbocycles. The molecule has 4 aromatic rings. The Hall–Kier alpha value is -3.61. The molecule has 0 spiro atoms. The van der Waals surface area contributed by atoms with Gasteiger partial charge in [-0.1, -0.05) is 21.9 Å². The van der Waals surface area contributed by atoms with Crippen molar-refractivity contribution in [3.8, 4) is 35.1 Å². The number of hydrogen-bond donors (Lipinski definition) is 1. The quantitative estimate of drug-likeness (QED) is 0.160. The average molecular weight is 510 g/mol. The summed E-state index contributed by atoms with van der Waals surface area (Å²) in [5.74, 6) is 3.52. The van der Waals surface area contributed by atoms with E-state index in [4.69, 9.17) is 20.3 Å². The van der Waals surface area contributed by atoms with E-state index in [9.17, 15) is 4.79 Å². The number of anilines is 1. The van der Waals surface area contributed by atoms with Gasteiger partial charge in [0.1, 0.15) is 12.2 Å². The molecule has 0 bridgehead atoms. The summed E-state index contributed by atoms with van der Waals surface area (Å²) in [5.41, 5.74) is 4.64. The first-order valence-corrected chi connectivity index (χ1v) is 11.0. The lowest BCUT2D eigenvalue weighted by molar-refractivity contribution is 0.331. The van der Waals surface area contributed by atoms with Gasteiger partial charge in [-0.2, -0.15) is 5.10 Å². The monoisotopic (exact) mass is 509 g/mol. The first-order chi connectivity index (χ1) is 15.6. The lowest BCUT2D eigenvalue weighted by Gasteiger charge is -2.08. The molecular formula is C23H16BrN3O4S. The fourth-order valence-corrected chi connectivity index (χ4v) is 3.92. The second kappa shape index (κ2) is 9.68. The summed E-state index contributed by atoms with van der Waals surface area (Å²) in [5, 5.41) is 7.32. The number of thiazole rings is 1. The van der Waals surface area contributed by atoms with E-state index < -0.39 is 5.63 Å². The van der Waals surface area contributed by atoms with Crippen LogP contribution in [0.1, 0.15) is 5.56 Å². The molecule has 0 atom stereocenters. The van der Waals surface area contributed by atoms with Gasteiger partial charge in [-0.25, -0.2) is 9.78 Å². The minimum Gasteiger partial charge on any atom is -0.493 e. The molecule has 0 aliphatic heterocycles. The Kier molecular flexibility index (Phi) is 6.54. The Morgan fingerprint density at radius 1 is 1.28 bits per heavy atom. The second-order valence-corrected chi connectivity index (χ2v) is 8.21. The van der Waals surface area contributed by atoms with E-state index in [0.717, 1.165) is 15.4 Å². The molecule has 0 radical (unpaired) electrons. The molecule has 1 N–H and O–H groups in total. The smallest absolute Gasteiger partial charge is 0.345 e. The van der Waals surface area contributed by atoms with Crippen LogP contribution in [0, 0.1) is 12.3 Å². The van der Waals surface area contributed by atoms with E-state index in [-0.39, 0.29) is 6.61 Å². The van der Waals surface area contributed by atoms with Gasteiger partial charge in [0.15, 0.2) is 11.5 Å². The third-order valence-electron chi connectivity index (χ3n) is 4.35. The number of nitrogens with one attached hydrogen (secondary N) is 1. The number of terminal acetylenes is 1. The Bertz CT molecular complexity index is 1400. The van der Waals surface area contributed by atoms with Gasteiger partial charge in [-0.05, 0) is 48.0 Å². The number of ether oxygens (including phenoxy) is 2. The van der Waals surface area contributed by atoms with Gasteiger partial charge in [-0.3, -0.25) is 5.43 Å². The van der Waals surface area contributed by atoms with Gasteiger partial charge in [0.05, 0.1) is 24.6 Å². The van der Waals surface area contributed by atoms with Gasteiger partial charge < -0.3 is 13.9 Å². The number of nitrogens with zero attached hydrogens (tertiary/aromatic N) is 2. The first kappa shape index (κ1) is 21.6. The fourth-order valence-electron chi connectivity index (χ4n) is 2.89. The lowest BCUT2D eigenvalue weighted by Crippen LogP contribution is -2.03. The molecule has 7 nitrogen and oxygen atoms in total. The molecule has 0 unspecified atom stereocenters. The van der Waals surface area contributed by atoms with Gasteiger partial charge in [0.2, 0.25) is 5.13 Å². The number of hydrazone groups is 1. The SMILES string of the molecule is C#CCOc1ccc(/C=N/Nc2nc(-c3cc4cc(Br)ccc4oc3=O)cs2)cc1OC. The van der Waals surface area contributed by atoms with E-state index >= 15 is 0 Å².